The van der Waals surface area contributed by atoms with Crippen LogP contribution in [0.3, 0.4) is 0 Å². The lowest BCUT2D eigenvalue weighted by atomic mass is 9.75. The summed E-state index contributed by atoms with van der Waals surface area (Å²) in [6.07, 6.45) is 6.10. The second-order valence-corrected chi connectivity index (χ2v) is 10.5. The summed E-state index contributed by atoms with van der Waals surface area (Å²) in [5, 5.41) is 12.0. The van der Waals surface area contributed by atoms with Gasteiger partial charge in [-0.3, -0.25) is 4.90 Å². The van der Waals surface area contributed by atoms with Gasteiger partial charge >= 0.3 is 0 Å². The molecule has 1 unspecified atom stereocenters. The quantitative estimate of drug-likeness (QED) is 0.682. The summed E-state index contributed by atoms with van der Waals surface area (Å²) in [7, 11) is 0. The highest BCUT2D eigenvalue weighted by Gasteiger charge is 2.54. The summed E-state index contributed by atoms with van der Waals surface area (Å²) >= 11 is 3.98. The van der Waals surface area contributed by atoms with E-state index in [9.17, 15) is 5.11 Å². The minimum atomic E-state index is -0.738. The summed E-state index contributed by atoms with van der Waals surface area (Å²) < 4.78 is -0.161. The van der Waals surface area contributed by atoms with Crippen LogP contribution in [0.1, 0.15) is 57.1 Å². The third kappa shape index (κ3) is 4.53. The Morgan fingerprint density at radius 1 is 1.07 bits per heavy atom. The fourth-order valence-electron chi connectivity index (χ4n) is 4.30. The van der Waals surface area contributed by atoms with E-state index in [2.05, 4.69) is 54.9 Å². The van der Waals surface area contributed by atoms with Gasteiger partial charge in [0.2, 0.25) is 0 Å². The van der Waals surface area contributed by atoms with E-state index in [1.165, 1.54) is 17.5 Å². The van der Waals surface area contributed by atoms with Gasteiger partial charge in [-0.15, -0.1) is 29.4 Å². The summed E-state index contributed by atoms with van der Waals surface area (Å²) in [6.45, 7) is 7.33. The van der Waals surface area contributed by atoms with Crippen LogP contribution in [0.4, 0.5) is 0 Å². The Balaban J connectivity index is 1.79. The predicted octanol–water partition coefficient (Wildman–Crippen LogP) is 4.90. The number of hydrogen-bond donors (Lipinski definition) is 1. The second kappa shape index (κ2) is 9.74. The van der Waals surface area contributed by atoms with Gasteiger partial charge in [0.1, 0.15) is 5.60 Å². The molecule has 148 valence electrons. The van der Waals surface area contributed by atoms with Crippen LogP contribution in [-0.2, 0) is 12.0 Å². The number of nitrogens with zero attached hydrogens (tertiary/aromatic N) is 1. The van der Waals surface area contributed by atoms with Gasteiger partial charge in [-0.05, 0) is 67.8 Å². The maximum absolute atomic E-state index is 12.0. The molecule has 0 spiro atoms. The van der Waals surface area contributed by atoms with Crippen molar-refractivity contribution < 1.29 is 5.11 Å². The fraction of sp³-hybridized carbons (Fsp3) is 0.652. The van der Waals surface area contributed by atoms with Gasteiger partial charge in [0.25, 0.3) is 0 Å². The van der Waals surface area contributed by atoms with E-state index in [4.69, 9.17) is 0 Å². The molecule has 4 heteroatoms. The zero-order valence-corrected chi connectivity index (χ0v) is 18.4. The largest absolute Gasteiger partial charge is 0.383 e. The molecule has 1 aromatic rings. The van der Waals surface area contributed by atoms with Crippen LogP contribution < -0.4 is 0 Å². The Labute approximate surface area is 173 Å². The van der Waals surface area contributed by atoms with Gasteiger partial charge in [0, 0.05) is 6.42 Å². The van der Waals surface area contributed by atoms with Crippen molar-refractivity contribution in [2.24, 2.45) is 0 Å². The molecule has 1 saturated heterocycles. The third-order valence-electron chi connectivity index (χ3n) is 5.94. The first-order valence-corrected chi connectivity index (χ1v) is 12.4. The van der Waals surface area contributed by atoms with E-state index in [0.717, 1.165) is 63.2 Å². The molecule has 1 fully saturated rings. The molecule has 0 aromatic heterocycles. The average Bonchev–Trinajstić information content (AvgIpc) is 2.72. The Morgan fingerprint density at radius 2 is 1.81 bits per heavy atom. The lowest BCUT2D eigenvalue weighted by molar-refractivity contribution is 0.00432. The maximum Gasteiger partial charge on any atom is 0.114 e. The molecule has 1 atom stereocenters. The van der Waals surface area contributed by atoms with E-state index < -0.39 is 5.60 Å². The lowest BCUT2D eigenvalue weighted by Gasteiger charge is -2.51. The molecule has 1 N–H and O–H groups in total. The summed E-state index contributed by atoms with van der Waals surface area (Å²) in [5.41, 5.74) is 1.78. The number of aryl methyl sites for hydroxylation is 1. The monoisotopic (exact) mass is 403 g/mol. The van der Waals surface area contributed by atoms with Gasteiger partial charge in [0.15, 0.2) is 0 Å². The molecule has 0 radical (unpaired) electrons. The van der Waals surface area contributed by atoms with Gasteiger partial charge in [-0.1, -0.05) is 44.0 Å². The molecule has 1 heterocycles. The van der Waals surface area contributed by atoms with Crippen molar-refractivity contribution in [1.29, 1.82) is 0 Å². The average molecular weight is 404 g/mol. The van der Waals surface area contributed by atoms with E-state index in [-0.39, 0.29) is 4.08 Å². The van der Waals surface area contributed by atoms with Crippen molar-refractivity contribution in [3.63, 3.8) is 0 Å². The van der Waals surface area contributed by atoms with Crippen molar-refractivity contribution in [1.82, 2.24) is 4.90 Å². The molecular formula is C23H33NOS2. The van der Waals surface area contributed by atoms with Crippen LogP contribution in [-0.4, -0.2) is 45.2 Å². The fourth-order valence-corrected chi connectivity index (χ4v) is 7.95. The first-order valence-electron chi connectivity index (χ1n) is 10.4. The highest BCUT2D eigenvalue weighted by Crippen LogP contribution is 2.59. The van der Waals surface area contributed by atoms with Crippen LogP contribution in [0, 0.1) is 11.8 Å². The highest BCUT2D eigenvalue weighted by atomic mass is 32.2. The minimum absolute atomic E-state index is 0.161. The summed E-state index contributed by atoms with van der Waals surface area (Å²) in [6, 6.07) is 8.56. The van der Waals surface area contributed by atoms with Gasteiger partial charge in [-0.25, -0.2) is 0 Å². The topological polar surface area (TPSA) is 23.5 Å². The second-order valence-electron chi connectivity index (χ2n) is 7.49. The smallest absolute Gasteiger partial charge is 0.114 e. The number of rotatable bonds is 6. The number of benzene rings is 1. The maximum atomic E-state index is 12.0. The van der Waals surface area contributed by atoms with Crippen LogP contribution in [0.2, 0.25) is 0 Å². The highest BCUT2D eigenvalue weighted by molar-refractivity contribution is 8.18. The first-order chi connectivity index (χ1) is 13.1. The van der Waals surface area contributed by atoms with Crippen LogP contribution in [0.5, 0.6) is 0 Å². The molecule has 3 rings (SSSR count). The lowest BCUT2D eigenvalue weighted by Crippen LogP contribution is -2.50. The molecule has 2 nitrogen and oxygen atoms in total. The molecule has 0 bridgehead atoms. The number of thioether (sulfide) groups is 2. The Morgan fingerprint density at radius 3 is 2.56 bits per heavy atom. The molecule has 0 amide bonds. The zero-order valence-electron chi connectivity index (χ0n) is 16.8. The van der Waals surface area contributed by atoms with Crippen LogP contribution in [0.25, 0.3) is 0 Å². The van der Waals surface area contributed by atoms with E-state index in [1.807, 2.05) is 23.5 Å². The van der Waals surface area contributed by atoms with Crippen LogP contribution >= 0.6 is 23.5 Å². The number of fused-ring (bicyclic) bond motifs is 1. The molecule has 2 aliphatic rings. The summed E-state index contributed by atoms with van der Waals surface area (Å²) in [4.78, 5) is 2.35. The molecular weight excluding hydrogens is 370 g/mol. The van der Waals surface area contributed by atoms with Crippen molar-refractivity contribution in [2.75, 3.05) is 31.1 Å². The first kappa shape index (κ1) is 21.1. The van der Waals surface area contributed by atoms with Crippen molar-refractivity contribution in [3.8, 4) is 11.8 Å². The van der Waals surface area contributed by atoms with Crippen molar-refractivity contribution >= 4 is 23.5 Å². The van der Waals surface area contributed by atoms with E-state index in [0.29, 0.717) is 0 Å². The third-order valence-corrected chi connectivity index (χ3v) is 9.65. The zero-order chi connectivity index (χ0) is 19.2. The molecule has 1 aliphatic carbocycles. The Hall–Kier alpha value is -0.600. The van der Waals surface area contributed by atoms with E-state index >= 15 is 0 Å². The number of aliphatic hydroxyl groups is 1. The van der Waals surface area contributed by atoms with Gasteiger partial charge < -0.3 is 5.11 Å². The van der Waals surface area contributed by atoms with Crippen LogP contribution in [0.15, 0.2) is 24.3 Å². The molecule has 1 aliphatic heterocycles. The minimum Gasteiger partial charge on any atom is -0.383 e. The molecule has 1 aromatic carbocycles. The van der Waals surface area contributed by atoms with Gasteiger partial charge in [0.05, 0.1) is 10.6 Å². The summed E-state index contributed by atoms with van der Waals surface area (Å²) in [5.74, 6) is 9.05. The number of hydrogen-bond acceptors (Lipinski definition) is 4. The molecule has 0 saturated carbocycles. The Kier molecular flexibility index (Phi) is 7.62. The SMILES string of the molecule is CCN(CC)CC#CCCC1(C2(O)CCCc3ccccc32)SCCCS1. The van der Waals surface area contributed by atoms with E-state index in [1.54, 1.807) is 0 Å². The predicted molar refractivity (Wildman–Crippen MR) is 120 cm³/mol. The Bertz CT molecular complexity index is 670. The molecule has 27 heavy (non-hydrogen) atoms. The van der Waals surface area contributed by atoms with Crippen molar-refractivity contribution in [3.05, 3.63) is 35.4 Å². The van der Waals surface area contributed by atoms with Gasteiger partial charge in [-0.2, -0.15) is 0 Å². The normalized spacial score (nSPS) is 24.1. The standard InChI is InChI=1S/C23H33NOS2/c1-3-24(4-2)17-9-5-8-16-23(26-18-11-19-27-23)22(25)15-10-13-20-12-6-7-14-21(20)22/h6-7,12,14,25H,3-4,8,10-11,13,15-19H2,1-2H3. The van der Waals surface area contributed by atoms with Crippen molar-refractivity contribution in [2.45, 2.75) is 62.1 Å².